The van der Waals surface area contributed by atoms with E-state index in [1.165, 1.54) is 56.3 Å². The molecule has 2 aliphatic carbocycles. The number of nitrogens with zero attached hydrogens (tertiary/aromatic N) is 3. The summed E-state index contributed by atoms with van der Waals surface area (Å²) in [6, 6.07) is 0.255. The van der Waals surface area contributed by atoms with Crippen molar-refractivity contribution in [3.63, 3.8) is 0 Å². The summed E-state index contributed by atoms with van der Waals surface area (Å²) in [6.45, 7) is 6.55. The van der Waals surface area contributed by atoms with Gasteiger partial charge >= 0.3 is 6.03 Å². The summed E-state index contributed by atoms with van der Waals surface area (Å²) in [5.74, 6) is 1.17. The van der Waals surface area contributed by atoms with E-state index in [1.54, 1.807) is 7.05 Å². The summed E-state index contributed by atoms with van der Waals surface area (Å²) in [5.41, 5.74) is 9.64. The highest BCUT2D eigenvalue weighted by Gasteiger charge is 2.55. The molecule has 4 aliphatic rings. The molecular formula is C24H44N6O2. The molecule has 0 bridgehead atoms. The number of imide groups is 1. The zero-order valence-corrected chi connectivity index (χ0v) is 20.3. The summed E-state index contributed by atoms with van der Waals surface area (Å²) in [5, 5.41) is 6.16. The highest BCUT2D eigenvalue weighted by atomic mass is 16.2. The lowest BCUT2D eigenvalue weighted by Gasteiger charge is -2.42. The van der Waals surface area contributed by atoms with Crippen LogP contribution in [0, 0.1) is 23.7 Å². The van der Waals surface area contributed by atoms with Crippen LogP contribution in [-0.4, -0.2) is 71.8 Å². The molecule has 8 nitrogen and oxygen atoms in total. The molecule has 5 unspecified atom stereocenters. The van der Waals surface area contributed by atoms with Gasteiger partial charge in [-0.3, -0.25) is 15.0 Å². The predicted molar refractivity (Wildman–Crippen MR) is 125 cm³/mol. The fourth-order valence-electron chi connectivity index (χ4n) is 6.38. The zero-order valence-electron chi connectivity index (χ0n) is 20.3. The Morgan fingerprint density at radius 2 is 1.78 bits per heavy atom. The van der Waals surface area contributed by atoms with Gasteiger partial charge in [-0.2, -0.15) is 0 Å². The Bertz CT molecular complexity index is 667. The second-order valence-electron chi connectivity index (χ2n) is 11.1. The molecular weight excluding hydrogens is 404 g/mol. The molecule has 4 rings (SSSR count). The van der Waals surface area contributed by atoms with Gasteiger partial charge in [0.2, 0.25) is 5.91 Å². The maximum atomic E-state index is 13.4. The number of amides is 3. The highest BCUT2D eigenvalue weighted by Crippen LogP contribution is 2.35. The van der Waals surface area contributed by atoms with Crippen molar-refractivity contribution < 1.29 is 9.59 Å². The molecule has 4 N–H and O–H groups in total. The molecule has 2 aliphatic heterocycles. The van der Waals surface area contributed by atoms with Crippen molar-refractivity contribution in [2.75, 3.05) is 26.7 Å². The third-order valence-corrected chi connectivity index (χ3v) is 8.05. The van der Waals surface area contributed by atoms with Gasteiger partial charge in [-0.15, -0.1) is 0 Å². The van der Waals surface area contributed by atoms with Crippen LogP contribution in [0.3, 0.4) is 0 Å². The van der Waals surface area contributed by atoms with Gasteiger partial charge < -0.3 is 10.6 Å². The Morgan fingerprint density at radius 3 is 2.47 bits per heavy atom. The molecule has 0 spiro atoms. The van der Waals surface area contributed by atoms with E-state index in [0.29, 0.717) is 30.3 Å². The second-order valence-corrected chi connectivity index (χ2v) is 11.1. The monoisotopic (exact) mass is 448 g/mol. The van der Waals surface area contributed by atoms with Crippen LogP contribution in [0.15, 0.2) is 0 Å². The number of nitrogens with two attached hydrogens (primary N) is 1. The number of fused-ring (bicyclic) bond motifs is 1. The highest BCUT2D eigenvalue weighted by molar-refractivity contribution is 5.98. The fourth-order valence-corrected chi connectivity index (χ4v) is 6.38. The van der Waals surface area contributed by atoms with Crippen LogP contribution < -0.4 is 16.5 Å². The van der Waals surface area contributed by atoms with E-state index < -0.39 is 0 Å². The SMILES string of the molecule is CC(C)CN1C(=O)N(C)C(=O)C2C(NC3CCCCC3)N(CC3CCCC(CN)C3)NC21. The minimum Gasteiger partial charge on any atom is -0.330 e. The van der Waals surface area contributed by atoms with E-state index in [0.717, 1.165) is 19.5 Å². The average molecular weight is 449 g/mol. The normalized spacial score (nSPS) is 35.1. The van der Waals surface area contributed by atoms with Crippen LogP contribution in [0.4, 0.5) is 4.79 Å². The topological polar surface area (TPSA) is 93.9 Å². The van der Waals surface area contributed by atoms with Crippen molar-refractivity contribution in [1.82, 2.24) is 25.6 Å². The van der Waals surface area contributed by atoms with E-state index in [2.05, 4.69) is 29.6 Å². The number of carbonyl (C=O) groups excluding carboxylic acids is 2. The third kappa shape index (κ3) is 4.98. The number of carbonyl (C=O) groups is 2. The first-order valence-corrected chi connectivity index (χ1v) is 13.0. The Morgan fingerprint density at radius 1 is 1.06 bits per heavy atom. The maximum absolute atomic E-state index is 13.4. The molecule has 32 heavy (non-hydrogen) atoms. The van der Waals surface area contributed by atoms with Crippen molar-refractivity contribution >= 4 is 11.9 Å². The van der Waals surface area contributed by atoms with E-state index in [1.807, 2.05) is 4.90 Å². The molecule has 4 fully saturated rings. The lowest BCUT2D eigenvalue weighted by Crippen LogP contribution is -2.64. The summed E-state index contributed by atoms with van der Waals surface area (Å²) < 4.78 is 0. The number of urea groups is 1. The number of hydrogen-bond acceptors (Lipinski definition) is 6. The summed E-state index contributed by atoms with van der Waals surface area (Å²) in [6.07, 6.45) is 10.6. The zero-order chi connectivity index (χ0) is 22.8. The van der Waals surface area contributed by atoms with Gasteiger partial charge in [0.15, 0.2) is 0 Å². The molecule has 2 saturated carbocycles. The van der Waals surface area contributed by atoms with Crippen molar-refractivity contribution in [2.24, 2.45) is 29.4 Å². The quantitative estimate of drug-likeness (QED) is 0.553. The lowest BCUT2D eigenvalue weighted by molar-refractivity contribution is -0.138. The number of hydrazine groups is 1. The number of hydrogen-bond donors (Lipinski definition) is 3. The molecule has 2 saturated heterocycles. The van der Waals surface area contributed by atoms with Crippen molar-refractivity contribution in [2.45, 2.75) is 90.0 Å². The first kappa shape index (κ1) is 23.9. The molecule has 3 amide bonds. The van der Waals surface area contributed by atoms with Crippen LogP contribution in [0.25, 0.3) is 0 Å². The summed E-state index contributed by atoms with van der Waals surface area (Å²) in [4.78, 5) is 29.6. The predicted octanol–water partition coefficient (Wildman–Crippen LogP) is 2.31. The summed E-state index contributed by atoms with van der Waals surface area (Å²) >= 11 is 0. The average Bonchev–Trinajstić information content (AvgIpc) is 3.13. The molecule has 8 heteroatoms. The minimum atomic E-state index is -0.285. The first-order chi connectivity index (χ1) is 15.4. The molecule has 0 aromatic carbocycles. The smallest absolute Gasteiger partial charge is 0.327 e. The van der Waals surface area contributed by atoms with Crippen molar-refractivity contribution in [3.05, 3.63) is 0 Å². The lowest BCUT2D eigenvalue weighted by atomic mass is 9.81. The van der Waals surface area contributed by atoms with Crippen LogP contribution in [0.2, 0.25) is 0 Å². The van der Waals surface area contributed by atoms with Crippen LogP contribution in [0.1, 0.15) is 71.6 Å². The van der Waals surface area contributed by atoms with Gasteiger partial charge in [-0.1, -0.05) is 39.5 Å². The fraction of sp³-hybridized carbons (Fsp3) is 0.917. The van der Waals surface area contributed by atoms with Gasteiger partial charge in [0.05, 0.1) is 6.17 Å². The van der Waals surface area contributed by atoms with Crippen molar-refractivity contribution in [3.8, 4) is 0 Å². The standard InChI is InChI=1S/C24H44N6O2/c1-16(2)14-29-22-20(23(31)28(3)24(29)32)21(26-19-10-5-4-6-11-19)30(27-22)15-18-9-7-8-17(12-18)13-25/h16-22,26-27H,4-15,25H2,1-3H3. The molecule has 2 heterocycles. The van der Waals surface area contributed by atoms with Gasteiger partial charge in [-0.25, -0.2) is 15.2 Å². The van der Waals surface area contributed by atoms with Crippen LogP contribution >= 0.6 is 0 Å². The largest absolute Gasteiger partial charge is 0.330 e. The van der Waals surface area contributed by atoms with Gasteiger partial charge in [0.25, 0.3) is 0 Å². The van der Waals surface area contributed by atoms with E-state index in [9.17, 15) is 9.59 Å². The third-order valence-electron chi connectivity index (χ3n) is 8.05. The Labute approximate surface area is 193 Å². The molecule has 0 radical (unpaired) electrons. The van der Waals surface area contributed by atoms with Gasteiger partial charge in [-0.05, 0) is 56.4 Å². The van der Waals surface area contributed by atoms with Crippen molar-refractivity contribution in [1.29, 1.82) is 0 Å². The van der Waals surface area contributed by atoms with Crippen LogP contribution in [-0.2, 0) is 4.79 Å². The molecule has 0 aromatic heterocycles. The van der Waals surface area contributed by atoms with Crippen LogP contribution in [0.5, 0.6) is 0 Å². The van der Waals surface area contributed by atoms with E-state index in [4.69, 9.17) is 5.73 Å². The molecule has 182 valence electrons. The maximum Gasteiger partial charge on any atom is 0.327 e. The Balaban J connectivity index is 1.57. The summed E-state index contributed by atoms with van der Waals surface area (Å²) in [7, 11) is 1.64. The Hall–Kier alpha value is -1.22. The Kier molecular flexibility index (Phi) is 7.75. The number of rotatable bonds is 7. The molecule has 0 aromatic rings. The van der Waals surface area contributed by atoms with Gasteiger partial charge in [0, 0.05) is 26.2 Å². The molecule has 5 atom stereocenters. The first-order valence-electron chi connectivity index (χ1n) is 13.0. The van der Waals surface area contributed by atoms with E-state index in [-0.39, 0.29) is 30.2 Å². The second kappa shape index (κ2) is 10.4. The van der Waals surface area contributed by atoms with E-state index >= 15 is 0 Å². The minimum absolute atomic E-state index is 0.0632. The number of nitrogens with one attached hydrogen (secondary N) is 2. The van der Waals surface area contributed by atoms with Gasteiger partial charge in [0.1, 0.15) is 12.1 Å².